The number of hydrogen-bond acceptors (Lipinski definition) is 3. The molecule has 0 aliphatic carbocycles. The highest BCUT2D eigenvalue weighted by Gasteiger charge is 2.20. The SMILES string of the molecule is CC(=O)N1CCCN(C(=O)CCSc2ccccc2F)CC1. The Labute approximate surface area is 134 Å². The minimum absolute atomic E-state index is 0.0596. The highest BCUT2D eigenvalue weighted by molar-refractivity contribution is 7.99. The molecule has 6 heteroatoms. The lowest BCUT2D eigenvalue weighted by Gasteiger charge is -2.21. The molecule has 0 aromatic heterocycles. The minimum atomic E-state index is -0.244. The summed E-state index contributed by atoms with van der Waals surface area (Å²) in [5.74, 6) is 0.456. The first-order valence-electron chi connectivity index (χ1n) is 7.48. The summed E-state index contributed by atoms with van der Waals surface area (Å²) < 4.78 is 13.5. The van der Waals surface area contributed by atoms with E-state index in [0.29, 0.717) is 43.2 Å². The molecule has 1 aliphatic rings. The van der Waals surface area contributed by atoms with Gasteiger partial charge in [-0.2, -0.15) is 0 Å². The number of halogens is 1. The van der Waals surface area contributed by atoms with Crippen molar-refractivity contribution in [2.45, 2.75) is 24.7 Å². The maximum absolute atomic E-state index is 13.5. The molecule has 0 radical (unpaired) electrons. The van der Waals surface area contributed by atoms with Gasteiger partial charge in [-0.15, -0.1) is 11.8 Å². The Balaban J connectivity index is 1.77. The second kappa shape index (κ2) is 8.17. The van der Waals surface area contributed by atoms with Crippen LogP contribution in [-0.2, 0) is 9.59 Å². The van der Waals surface area contributed by atoms with Crippen LogP contribution in [-0.4, -0.2) is 53.5 Å². The Morgan fingerprint density at radius 3 is 2.55 bits per heavy atom. The van der Waals surface area contributed by atoms with Gasteiger partial charge in [0.05, 0.1) is 0 Å². The van der Waals surface area contributed by atoms with E-state index < -0.39 is 0 Å². The van der Waals surface area contributed by atoms with Crippen molar-refractivity contribution < 1.29 is 14.0 Å². The molecule has 1 aromatic rings. The van der Waals surface area contributed by atoms with Crippen LogP contribution in [0.2, 0.25) is 0 Å². The molecule has 0 bridgehead atoms. The van der Waals surface area contributed by atoms with E-state index in [2.05, 4.69) is 0 Å². The normalized spacial score (nSPS) is 15.5. The number of carbonyl (C=O) groups is 2. The molecule has 2 amide bonds. The summed E-state index contributed by atoms with van der Waals surface area (Å²) in [6.45, 7) is 4.14. The monoisotopic (exact) mass is 324 g/mol. The fourth-order valence-electron chi connectivity index (χ4n) is 2.45. The van der Waals surface area contributed by atoms with Gasteiger partial charge in [0.1, 0.15) is 5.82 Å². The van der Waals surface area contributed by atoms with Crippen molar-refractivity contribution in [1.82, 2.24) is 9.80 Å². The van der Waals surface area contributed by atoms with Crippen LogP contribution in [0, 0.1) is 5.82 Å². The van der Waals surface area contributed by atoms with Crippen LogP contribution in [0.4, 0.5) is 4.39 Å². The van der Waals surface area contributed by atoms with E-state index in [4.69, 9.17) is 0 Å². The van der Waals surface area contributed by atoms with Gasteiger partial charge in [-0.05, 0) is 18.6 Å². The smallest absolute Gasteiger partial charge is 0.223 e. The molecule has 0 atom stereocenters. The lowest BCUT2D eigenvalue weighted by molar-refractivity contribution is -0.132. The molecule has 1 aromatic carbocycles. The molecule has 0 N–H and O–H groups in total. The van der Waals surface area contributed by atoms with E-state index >= 15 is 0 Å². The van der Waals surface area contributed by atoms with Gasteiger partial charge in [0.25, 0.3) is 0 Å². The third kappa shape index (κ3) is 4.73. The van der Waals surface area contributed by atoms with Gasteiger partial charge in [0, 0.05) is 50.2 Å². The highest BCUT2D eigenvalue weighted by atomic mass is 32.2. The molecule has 2 rings (SSSR count). The molecule has 1 heterocycles. The average molecular weight is 324 g/mol. The second-order valence-electron chi connectivity index (χ2n) is 5.27. The molecule has 0 saturated carbocycles. The molecular weight excluding hydrogens is 303 g/mol. The van der Waals surface area contributed by atoms with Crippen LogP contribution >= 0.6 is 11.8 Å². The van der Waals surface area contributed by atoms with E-state index in [0.717, 1.165) is 6.42 Å². The second-order valence-corrected chi connectivity index (χ2v) is 6.41. The zero-order valence-electron chi connectivity index (χ0n) is 12.8. The Morgan fingerprint density at radius 1 is 1.14 bits per heavy atom. The van der Waals surface area contributed by atoms with Crippen molar-refractivity contribution in [3.05, 3.63) is 30.1 Å². The van der Waals surface area contributed by atoms with Crippen molar-refractivity contribution in [2.24, 2.45) is 0 Å². The summed E-state index contributed by atoms with van der Waals surface area (Å²) in [6.07, 6.45) is 1.20. The third-order valence-corrected chi connectivity index (χ3v) is 4.75. The van der Waals surface area contributed by atoms with Gasteiger partial charge in [0.2, 0.25) is 11.8 Å². The largest absolute Gasteiger partial charge is 0.341 e. The van der Waals surface area contributed by atoms with Gasteiger partial charge in [-0.25, -0.2) is 4.39 Å². The van der Waals surface area contributed by atoms with Gasteiger partial charge in [-0.3, -0.25) is 9.59 Å². The lowest BCUT2D eigenvalue weighted by atomic mass is 10.3. The number of hydrogen-bond donors (Lipinski definition) is 0. The van der Waals surface area contributed by atoms with Crippen LogP contribution < -0.4 is 0 Å². The Hall–Kier alpha value is -1.56. The van der Waals surface area contributed by atoms with Crippen LogP contribution in [0.5, 0.6) is 0 Å². The number of benzene rings is 1. The van der Waals surface area contributed by atoms with Gasteiger partial charge in [0.15, 0.2) is 0 Å². The molecule has 1 saturated heterocycles. The Bertz CT molecular complexity index is 539. The van der Waals surface area contributed by atoms with E-state index in [9.17, 15) is 14.0 Å². The molecular formula is C16H21FN2O2S. The number of rotatable bonds is 4. The summed E-state index contributed by atoms with van der Waals surface area (Å²) in [5, 5.41) is 0. The Kier molecular flexibility index (Phi) is 6.24. The molecule has 4 nitrogen and oxygen atoms in total. The molecule has 0 unspecified atom stereocenters. The van der Waals surface area contributed by atoms with Crippen molar-refractivity contribution in [3.63, 3.8) is 0 Å². The number of amides is 2. The van der Waals surface area contributed by atoms with E-state index in [-0.39, 0.29) is 17.6 Å². The fraction of sp³-hybridized carbons (Fsp3) is 0.500. The van der Waals surface area contributed by atoms with Gasteiger partial charge < -0.3 is 9.80 Å². The van der Waals surface area contributed by atoms with Crippen LogP contribution in [0.3, 0.4) is 0 Å². The third-order valence-electron chi connectivity index (χ3n) is 3.70. The molecule has 120 valence electrons. The van der Waals surface area contributed by atoms with Crippen molar-refractivity contribution in [2.75, 3.05) is 31.9 Å². The fourth-order valence-corrected chi connectivity index (χ4v) is 3.33. The van der Waals surface area contributed by atoms with Gasteiger partial charge in [-0.1, -0.05) is 12.1 Å². The minimum Gasteiger partial charge on any atom is -0.341 e. The average Bonchev–Trinajstić information content (AvgIpc) is 2.75. The zero-order chi connectivity index (χ0) is 15.9. The molecule has 22 heavy (non-hydrogen) atoms. The van der Waals surface area contributed by atoms with Crippen LogP contribution in [0.15, 0.2) is 29.2 Å². The first-order valence-corrected chi connectivity index (χ1v) is 8.47. The Morgan fingerprint density at radius 2 is 1.82 bits per heavy atom. The van der Waals surface area contributed by atoms with Crippen LogP contribution in [0.25, 0.3) is 0 Å². The maximum atomic E-state index is 13.5. The summed E-state index contributed by atoms with van der Waals surface area (Å²) >= 11 is 1.36. The maximum Gasteiger partial charge on any atom is 0.223 e. The van der Waals surface area contributed by atoms with Crippen molar-refractivity contribution in [3.8, 4) is 0 Å². The van der Waals surface area contributed by atoms with E-state index in [1.54, 1.807) is 30.0 Å². The molecule has 1 fully saturated rings. The predicted molar refractivity (Wildman–Crippen MR) is 85.2 cm³/mol. The summed E-state index contributed by atoms with van der Waals surface area (Å²) in [4.78, 5) is 27.8. The highest BCUT2D eigenvalue weighted by Crippen LogP contribution is 2.22. The van der Waals surface area contributed by atoms with Crippen LogP contribution in [0.1, 0.15) is 19.8 Å². The first kappa shape index (κ1) is 16.8. The summed E-state index contributed by atoms with van der Waals surface area (Å²) in [5.41, 5.74) is 0. The van der Waals surface area contributed by atoms with Crippen molar-refractivity contribution in [1.29, 1.82) is 0 Å². The van der Waals surface area contributed by atoms with E-state index in [1.807, 2.05) is 4.90 Å². The van der Waals surface area contributed by atoms with Crippen molar-refractivity contribution >= 4 is 23.6 Å². The number of thioether (sulfide) groups is 1. The number of carbonyl (C=O) groups excluding carboxylic acids is 2. The molecule has 1 aliphatic heterocycles. The zero-order valence-corrected chi connectivity index (χ0v) is 13.6. The topological polar surface area (TPSA) is 40.6 Å². The predicted octanol–water partition coefficient (Wildman–Crippen LogP) is 2.39. The standard InChI is InChI=1S/C16H21FN2O2S/c1-13(20)18-8-4-9-19(11-10-18)16(21)7-12-22-15-6-3-2-5-14(15)17/h2-3,5-6H,4,7-12H2,1H3. The summed E-state index contributed by atoms with van der Waals surface area (Å²) in [7, 11) is 0. The van der Waals surface area contributed by atoms with E-state index in [1.165, 1.54) is 17.8 Å². The quantitative estimate of drug-likeness (QED) is 0.799. The lowest BCUT2D eigenvalue weighted by Crippen LogP contribution is -2.36. The van der Waals surface area contributed by atoms with Gasteiger partial charge >= 0.3 is 0 Å². The number of nitrogens with zero attached hydrogens (tertiary/aromatic N) is 2. The summed E-state index contributed by atoms with van der Waals surface area (Å²) in [6, 6.07) is 6.59. The molecule has 0 spiro atoms. The first-order chi connectivity index (χ1) is 10.6.